The van der Waals surface area contributed by atoms with Crippen LogP contribution in [-0.4, -0.2) is 32.6 Å². The Balaban J connectivity index is 1.66. The number of hydrogen-bond acceptors (Lipinski definition) is 6. The van der Waals surface area contributed by atoms with E-state index in [2.05, 4.69) is 20.9 Å². The summed E-state index contributed by atoms with van der Waals surface area (Å²) in [6, 6.07) is 11.6. The number of rotatable bonds is 5. The lowest BCUT2D eigenvalue weighted by molar-refractivity contribution is -0.137. The molecule has 0 unspecified atom stereocenters. The van der Waals surface area contributed by atoms with Crippen LogP contribution in [0.2, 0.25) is 0 Å². The summed E-state index contributed by atoms with van der Waals surface area (Å²) in [5, 5.41) is 10.2. The molecule has 1 aromatic heterocycles. The largest absolute Gasteiger partial charge is 0.494 e. The van der Waals surface area contributed by atoms with E-state index in [1.54, 1.807) is 23.7 Å². The lowest BCUT2D eigenvalue weighted by Crippen LogP contribution is -2.41. The van der Waals surface area contributed by atoms with Gasteiger partial charge in [-0.3, -0.25) is 4.79 Å². The number of hydrogen-bond donors (Lipinski definition) is 2. The molecule has 2 N–H and O–H groups in total. The van der Waals surface area contributed by atoms with E-state index in [4.69, 9.17) is 4.74 Å². The van der Waals surface area contributed by atoms with Crippen molar-refractivity contribution in [1.82, 2.24) is 14.9 Å². The molecule has 3 aromatic rings. The highest BCUT2D eigenvalue weighted by molar-refractivity contribution is 8.00. The minimum Gasteiger partial charge on any atom is -0.494 e. The molecule has 1 amide bonds. The SMILES string of the molecule is CCOc1ccc([C@@H]2Nn3c(C)nnc3S[C@H]2C(=O)Nc2ccccc2C(F)(F)F)cc1. The quantitative estimate of drug-likeness (QED) is 0.584. The number of para-hydroxylation sites is 1. The highest BCUT2D eigenvalue weighted by Crippen LogP contribution is 2.39. The Morgan fingerprint density at radius 1 is 1.19 bits per heavy atom. The molecule has 11 heteroatoms. The van der Waals surface area contributed by atoms with Crippen LogP contribution in [0.3, 0.4) is 0 Å². The number of ether oxygens (including phenoxy) is 1. The maximum atomic E-state index is 13.4. The van der Waals surface area contributed by atoms with Crippen LogP contribution in [0.4, 0.5) is 18.9 Å². The lowest BCUT2D eigenvalue weighted by atomic mass is 10.0. The molecule has 7 nitrogen and oxygen atoms in total. The Bertz CT molecular complexity index is 1120. The number of halogens is 3. The van der Waals surface area contributed by atoms with Crippen molar-refractivity contribution in [2.24, 2.45) is 0 Å². The molecule has 2 heterocycles. The number of nitrogens with zero attached hydrogens (tertiary/aromatic N) is 3. The van der Waals surface area contributed by atoms with E-state index in [1.165, 1.54) is 18.2 Å². The molecule has 2 atom stereocenters. The van der Waals surface area contributed by atoms with E-state index in [0.717, 1.165) is 23.4 Å². The third-order valence-electron chi connectivity index (χ3n) is 4.90. The lowest BCUT2D eigenvalue weighted by Gasteiger charge is -2.33. The number of aryl methyl sites for hydroxylation is 1. The van der Waals surface area contributed by atoms with Gasteiger partial charge in [-0.05, 0) is 43.7 Å². The average Bonchev–Trinajstić information content (AvgIpc) is 3.13. The predicted molar refractivity (Wildman–Crippen MR) is 114 cm³/mol. The van der Waals surface area contributed by atoms with Crippen LogP contribution in [0.5, 0.6) is 5.75 Å². The van der Waals surface area contributed by atoms with Gasteiger partial charge in [0.05, 0.1) is 23.9 Å². The summed E-state index contributed by atoms with van der Waals surface area (Å²) in [6.07, 6.45) is -4.59. The molecule has 0 bridgehead atoms. The first-order chi connectivity index (χ1) is 15.3. The number of amides is 1. The van der Waals surface area contributed by atoms with Crippen LogP contribution < -0.4 is 15.5 Å². The standard InChI is InChI=1S/C21H20F3N5O2S/c1-3-31-14-10-8-13(9-11-14)17-18(32-20-27-26-12(2)29(20)28-17)19(30)25-16-7-5-4-6-15(16)21(22,23)24/h4-11,17-18,28H,3H2,1-2H3,(H,25,30)/t17-,18+/m0/s1. The predicted octanol–water partition coefficient (Wildman–Crippen LogP) is 4.40. The van der Waals surface area contributed by atoms with Gasteiger partial charge >= 0.3 is 6.18 Å². The van der Waals surface area contributed by atoms with Gasteiger partial charge in [0, 0.05) is 0 Å². The van der Waals surface area contributed by atoms with E-state index < -0.39 is 28.9 Å². The van der Waals surface area contributed by atoms with Gasteiger partial charge in [0.2, 0.25) is 11.1 Å². The Morgan fingerprint density at radius 3 is 2.59 bits per heavy atom. The van der Waals surface area contributed by atoms with Gasteiger partial charge in [-0.1, -0.05) is 36.0 Å². The highest BCUT2D eigenvalue weighted by Gasteiger charge is 2.39. The fourth-order valence-electron chi connectivity index (χ4n) is 3.39. The summed E-state index contributed by atoms with van der Waals surface area (Å²) in [5.41, 5.74) is 2.79. The molecule has 0 radical (unpaired) electrons. The van der Waals surface area contributed by atoms with Gasteiger partial charge in [0.1, 0.15) is 16.8 Å². The van der Waals surface area contributed by atoms with Gasteiger partial charge in [-0.2, -0.15) is 13.2 Å². The molecule has 2 aromatic carbocycles. The maximum absolute atomic E-state index is 13.4. The van der Waals surface area contributed by atoms with E-state index in [1.807, 2.05) is 19.1 Å². The number of carbonyl (C=O) groups excluding carboxylic acids is 1. The molecule has 0 fully saturated rings. The van der Waals surface area contributed by atoms with Crippen LogP contribution in [0, 0.1) is 6.92 Å². The first-order valence-corrected chi connectivity index (χ1v) is 10.7. The Morgan fingerprint density at radius 2 is 1.91 bits per heavy atom. The molecule has 168 valence electrons. The van der Waals surface area contributed by atoms with Gasteiger partial charge in [0.15, 0.2) is 0 Å². The Kier molecular flexibility index (Phi) is 6.00. The molecule has 1 aliphatic heterocycles. The summed E-state index contributed by atoms with van der Waals surface area (Å²) in [4.78, 5) is 13.2. The second-order valence-electron chi connectivity index (χ2n) is 7.05. The zero-order valence-electron chi connectivity index (χ0n) is 17.2. The monoisotopic (exact) mass is 463 g/mol. The summed E-state index contributed by atoms with van der Waals surface area (Å²) < 4.78 is 47.3. The molecule has 0 saturated heterocycles. The molecule has 0 saturated carbocycles. The number of alkyl halides is 3. The van der Waals surface area contributed by atoms with E-state index in [9.17, 15) is 18.0 Å². The van der Waals surface area contributed by atoms with Crippen molar-refractivity contribution in [2.45, 2.75) is 36.5 Å². The minimum absolute atomic E-state index is 0.292. The van der Waals surface area contributed by atoms with Crippen molar-refractivity contribution in [1.29, 1.82) is 0 Å². The molecule has 0 aliphatic carbocycles. The van der Waals surface area contributed by atoms with Gasteiger partial charge < -0.3 is 15.5 Å². The van der Waals surface area contributed by atoms with Crippen molar-refractivity contribution >= 4 is 23.4 Å². The number of fused-ring (bicyclic) bond motifs is 1. The number of benzene rings is 2. The van der Waals surface area contributed by atoms with Crippen LogP contribution in [0.15, 0.2) is 53.7 Å². The van der Waals surface area contributed by atoms with Crippen molar-refractivity contribution in [3.05, 3.63) is 65.5 Å². The Hall–Kier alpha value is -3.21. The van der Waals surface area contributed by atoms with Gasteiger partial charge in [-0.25, -0.2) is 4.68 Å². The summed E-state index contributed by atoms with van der Waals surface area (Å²) in [5.74, 6) is 0.704. The highest BCUT2D eigenvalue weighted by atomic mass is 32.2. The van der Waals surface area contributed by atoms with Crippen molar-refractivity contribution in [2.75, 3.05) is 17.3 Å². The van der Waals surface area contributed by atoms with E-state index >= 15 is 0 Å². The molecule has 32 heavy (non-hydrogen) atoms. The molecular weight excluding hydrogens is 443 g/mol. The third kappa shape index (κ3) is 4.38. The molecule has 4 rings (SSSR count). The Labute approximate surface area is 186 Å². The smallest absolute Gasteiger partial charge is 0.418 e. The van der Waals surface area contributed by atoms with Gasteiger partial charge in [0.25, 0.3) is 0 Å². The zero-order chi connectivity index (χ0) is 22.9. The fourth-order valence-corrected chi connectivity index (χ4v) is 4.52. The van der Waals surface area contributed by atoms with E-state index in [-0.39, 0.29) is 5.69 Å². The maximum Gasteiger partial charge on any atom is 0.418 e. The van der Waals surface area contributed by atoms with Crippen molar-refractivity contribution < 1.29 is 22.7 Å². The summed E-state index contributed by atoms with van der Waals surface area (Å²) in [6.45, 7) is 4.16. The number of carbonyl (C=O) groups is 1. The van der Waals surface area contributed by atoms with Crippen LogP contribution >= 0.6 is 11.8 Å². The first kappa shape index (κ1) is 22.0. The first-order valence-electron chi connectivity index (χ1n) is 9.83. The second kappa shape index (κ2) is 8.73. The van der Waals surface area contributed by atoms with Crippen LogP contribution in [-0.2, 0) is 11.0 Å². The van der Waals surface area contributed by atoms with Gasteiger partial charge in [-0.15, -0.1) is 10.2 Å². The summed E-state index contributed by atoms with van der Waals surface area (Å²) in [7, 11) is 0. The van der Waals surface area contributed by atoms with Crippen LogP contribution in [0.1, 0.15) is 29.9 Å². The molecular formula is C21H20F3N5O2S. The summed E-state index contributed by atoms with van der Waals surface area (Å²) >= 11 is 1.14. The van der Waals surface area contributed by atoms with E-state index in [0.29, 0.717) is 23.3 Å². The number of aromatic nitrogens is 3. The topological polar surface area (TPSA) is 81.1 Å². The van der Waals surface area contributed by atoms with Crippen LogP contribution in [0.25, 0.3) is 0 Å². The minimum atomic E-state index is -4.59. The average molecular weight is 463 g/mol. The normalized spacial score (nSPS) is 17.9. The zero-order valence-corrected chi connectivity index (χ0v) is 18.0. The number of nitrogens with one attached hydrogen (secondary N) is 2. The number of thioether (sulfide) groups is 1. The van der Waals surface area contributed by atoms with Crippen molar-refractivity contribution in [3.8, 4) is 5.75 Å². The molecule has 1 aliphatic rings. The third-order valence-corrected chi connectivity index (χ3v) is 6.11. The number of anilines is 1. The fraction of sp³-hybridized carbons (Fsp3) is 0.286. The molecule has 0 spiro atoms. The second-order valence-corrected chi connectivity index (χ2v) is 8.15. The van der Waals surface area contributed by atoms with Crippen molar-refractivity contribution in [3.63, 3.8) is 0 Å².